The molecule has 4 rings (SSSR count). The van der Waals surface area contributed by atoms with E-state index in [2.05, 4.69) is 88.4 Å². The van der Waals surface area contributed by atoms with Crippen LogP contribution in [0.2, 0.25) is 0 Å². The van der Waals surface area contributed by atoms with Crippen molar-refractivity contribution in [3.05, 3.63) is 108 Å². The first-order valence-electron chi connectivity index (χ1n) is 14.4. The van der Waals surface area contributed by atoms with Crippen LogP contribution in [-0.4, -0.2) is 81.4 Å². The topological polar surface area (TPSA) is 85.9 Å². The molecule has 0 bridgehead atoms. The highest BCUT2D eigenvalue weighted by atomic mass is 16.5. The van der Waals surface area contributed by atoms with Crippen molar-refractivity contribution in [3.8, 4) is 0 Å². The van der Waals surface area contributed by atoms with Gasteiger partial charge in [0.05, 0.1) is 12.2 Å². The third kappa shape index (κ3) is 8.39. The number of rotatable bonds is 12. The zero-order valence-electron chi connectivity index (χ0n) is 24.3. The zero-order chi connectivity index (χ0) is 29.0. The fourth-order valence-electron chi connectivity index (χ4n) is 5.69. The number of likely N-dealkylation sites (tertiary alicyclic amines) is 1. The number of amides is 3. The van der Waals surface area contributed by atoms with Gasteiger partial charge in [0.1, 0.15) is 0 Å². The van der Waals surface area contributed by atoms with E-state index in [9.17, 15) is 9.59 Å². The molecule has 0 spiro atoms. The van der Waals surface area contributed by atoms with Crippen molar-refractivity contribution in [3.63, 3.8) is 0 Å². The van der Waals surface area contributed by atoms with Gasteiger partial charge in [0.15, 0.2) is 0 Å². The normalized spacial score (nSPS) is 19.2. The number of likely N-dealkylation sites (N-methyl/N-ethyl adjacent to an activating group) is 1. The van der Waals surface area contributed by atoms with Crippen molar-refractivity contribution >= 4 is 11.9 Å². The average Bonchev–Trinajstić information content (AvgIpc) is 3.00. The molecule has 3 unspecified atom stereocenters. The van der Waals surface area contributed by atoms with E-state index in [0.29, 0.717) is 38.2 Å². The number of nitrogens with zero attached hydrogens (tertiary/aromatic N) is 2. The predicted molar refractivity (Wildman–Crippen MR) is 163 cm³/mol. The summed E-state index contributed by atoms with van der Waals surface area (Å²) < 4.78 is 5.13. The molecule has 1 fully saturated rings. The van der Waals surface area contributed by atoms with Crippen molar-refractivity contribution in [1.29, 1.82) is 0 Å². The van der Waals surface area contributed by atoms with Crippen LogP contribution in [0.3, 0.4) is 0 Å². The van der Waals surface area contributed by atoms with Gasteiger partial charge in [-0.05, 0) is 56.1 Å². The Morgan fingerprint density at radius 2 is 1.49 bits per heavy atom. The Morgan fingerprint density at radius 1 is 0.902 bits per heavy atom. The Balaban J connectivity index is 1.61. The summed E-state index contributed by atoms with van der Waals surface area (Å²) >= 11 is 0. The van der Waals surface area contributed by atoms with Crippen LogP contribution in [0.5, 0.6) is 0 Å². The summed E-state index contributed by atoms with van der Waals surface area (Å²) in [5.74, 6) is 0.0391. The molecule has 8 heteroatoms. The fraction of sp³-hybridized carbons (Fsp3) is 0.394. The van der Waals surface area contributed by atoms with Crippen LogP contribution < -0.4 is 16.0 Å². The Labute approximate surface area is 244 Å². The molecule has 0 aromatic heterocycles. The summed E-state index contributed by atoms with van der Waals surface area (Å²) in [6, 6.07) is 30.1. The van der Waals surface area contributed by atoms with Gasteiger partial charge in [-0.2, -0.15) is 0 Å². The Morgan fingerprint density at radius 3 is 2.05 bits per heavy atom. The Hall–Kier alpha value is -3.72. The van der Waals surface area contributed by atoms with Crippen molar-refractivity contribution in [1.82, 2.24) is 25.8 Å². The standard InChI is InChI=1S/C33H43N5O3/c1-37(2)29-24-38(31(25-14-7-4-8-15-25)26-16-9-5-10-17-26)30(36-33(40)34-20-13-21-41-3)22-28(29)23-35-32(39)27-18-11-6-12-19-27/h4-12,14-19,28-31H,13,20-24H2,1-3H3,(H,35,39)(H2,34,36,40). The van der Waals surface area contributed by atoms with E-state index in [4.69, 9.17) is 4.74 Å². The maximum absolute atomic E-state index is 13.1. The van der Waals surface area contributed by atoms with Gasteiger partial charge in [-0.1, -0.05) is 78.9 Å². The molecule has 3 aromatic carbocycles. The lowest BCUT2D eigenvalue weighted by atomic mass is 9.85. The highest BCUT2D eigenvalue weighted by molar-refractivity contribution is 5.94. The summed E-state index contributed by atoms with van der Waals surface area (Å²) in [5.41, 5.74) is 2.98. The molecule has 3 N–H and O–H groups in total. The van der Waals surface area contributed by atoms with Crippen LogP contribution in [0.15, 0.2) is 91.0 Å². The van der Waals surface area contributed by atoms with Gasteiger partial charge in [0.2, 0.25) is 0 Å². The molecule has 8 nitrogen and oxygen atoms in total. The molecule has 1 aliphatic heterocycles. The highest BCUT2D eigenvalue weighted by Gasteiger charge is 2.41. The summed E-state index contributed by atoms with van der Waals surface area (Å²) in [6.45, 7) is 2.35. The van der Waals surface area contributed by atoms with Crippen molar-refractivity contribution < 1.29 is 14.3 Å². The monoisotopic (exact) mass is 557 g/mol. The number of methoxy groups -OCH3 is 1. The first-order chi connectivity index (χ1) is 20.0. The minimum absolute atomic E-state index is 0.0569. The SMILES string of the molecule is COCCCNC(=O)NC1CC(CNC(=O)c2ccccc2)C(N(C)C)CN1C(c1ccccc1)c1ccccc1. The number of benzene rings is 3. The zero-order valence-corrected chi connectivity index (χ0v) is 24.3. The molecule has 1 saturated heterocycles. The van der Waals surface area contributed by atoms with Gasteiger partial charge in [0, 0.05) is 45.0 Å². The number of piperidine rings is 1. The van der Waals surface area contributed by atoms with E-state index in [1.807, 2.05) is 42.5 Å². The molecule has 1 aliphatic rings. The van der Waals surface area contributed by atoms with E-state index in [1.165, 1.54) is 11.1 Å². The van der Waals surface area contributed by atoms with Crippen molar-refractivity contribution in [2.24, 2.45) is 5.92 Å². The number of nitrogens with one attached hydrogen (secondary N) is 3. The summed E-state index contributed by atoms with van der Waals surface area (Å²) in [5, 5.41) is 9.42. The quantitative estimate of drug-likeness (QED) is 0.292. The first kappa shape index (κ1) is 30.2. The molecule has 3 atom stereocenters. The van der Waals surface area contributed by atoms with E-state index in [-0.39, 0.29) is 36.1 Å². The predicted octanol–water partition coefficient (Wildman–Crippen LogP) is 4.12. The van der Waals surface area contributed by atoms with E-state index < -0.39 is 0 Å². The summed E-state index contributed by atoms with van der Waals surface area (Å²) in [7, 11) is 5.83. The third-order valence-corrected chi connectivity index (χ3v) is 7.76. The molecular formula is C33H43N5O3. The van der Waals surface area contributed by atoms with Crippen LogP contribution in [-0.2, 0) is 4.74 Å². The second-order valence-corrected chi connectivity index (χ2v) is 10.8. The molecule has 3 aromatic rings. The molecule has 0 saturated carbocycles. The number of hydrogen-bond donors (Lipinski definition) is 3. The number of carbonyl (C=O) groups is 2. The third-order valence-electron chi connectivity index (χ3n) is 7.76. The smallest absolute Gasteiger partial charge is 0.316 e. The number of ether oxygens (including phenoxy) is 1. The minimum Gasteiger partial charge on any atom is -0.385 e. The number of urea groups is 1. The molecule has 41 heavy (non-hydrogen) atoms. The van der Waals surface area contributed by atoms with Crippen LogP contribution in [0.4, 0.5) is 4.79 Å². The van der Waals surface area contributed by atoms with E-state index in [0.717, 1.165) is 6.42 Å². The maximum Gasteiger partial charge on any atom is 0.316 e. The minimum atomic E-state index is -0.252. The largest absolute Gasteiger partial charge is 0.385 e. The van der Waals surface area contributed by atoms with E-state index >= 15 is 0 Å². The molecule has 3 amide bonds. The van der Waals surface area contributed by atoms with Gasteiger partial charge in [0.25, 0.3) is 5.91 Å². The van der Waals surface area contributed by atoms with Crippen molar-refractivity contribution in [2.75, 3.05) is 47.4 Å². The lowest BCUT2D eigenvalue weighted by molar-refractivity contribution is 0.0103. The highest BCUT2D eigenvalue weighted by Crippen LogP contribution is 2.36. The molecule has 0 radical (unpaired) electrons. The van der Waals surface area contributed by atoms with Gasteiger partial charge in [-0.15, -0.1) is 0 Å². The molecule has 218 valence electrons. The number of carbonyl (C=O) groups excluding carboxylic acids is 2. The second-order valence-electron chi connectivity index (χ2n) is 10.8. The second kappa shape index (κ2) is 15.3. The van der Waals surface area contributed by atoms with Crippen LogP contribution in [0, 0.1) is 5.92 Å². The lowest BCUT2D eigenvalue weighted by Gasteiger charge is -2.49. The molecular weight excluding hydrogens is 514 g/mol. The van der Waals surface area contributed by atoms with E-state index in [1.54, 1.807) is 7.11 Å². The maximum atomic E-state index is 13.1. The van der Waals surface area contributed by atoms with Gasteiger partial charge >= 0.3 is 6.03 Å². The lowest BCUT2D eigenvalue weighted by Crippen LogP contribution is -2.63. The Kier molecular flexibility index (Phi) is 11.3. The number of hydrogen-bond acceptors (Lipinski definition) is 5. The van der Waals surface area contributed by atoms with Gasteiger partial charge in [-0.25, -0.2) is 4.79 Å². The molecule has 1 heterocycles. The van der Waals surface area contributed by atoms with Crippen LogP contribution in [0.1, 0.15) is 40.4 Å². The first-order valence-corrected chi connectivity index (χ1v) is 14.4. The molecule has 0 aliphatic carbocycles. The van der Waals surface area contributed by atoms with Crippen molar-refractivity contribution in [2.45, 2.75) is 31.1 Å². The Bertz CT molecular complexity index is 1170. The van der Waals surface area contributed by atoms with Gasteiger partial charge < -0.3 is 25.6 Å². The fourth-order valence-corrected chi connectivity index (χ4v) is 5.69. The van der Waals surface area contributed by atoms with Gasteiger partial charge in [-0.3, -0.25) is 9.69 Å². The van der Waals surface area contributed by atoms with Crippen LogP contribution >= 0.6 is 0 Å². The van der Waals surface area contributed by atoms with Crippen LogP contribution in [0.25, 0.3) is 0 Å². The summed E-state index contributed by atoms with van der Waals surface area (Å²) in [4.78, 5) is 30.7. The average molecular weight is 558 g/mol. The summed E-state index contributed by atoms with van der Waals surface area (Å²) in [6.07, 6.45) is 1.17.